The van der Waals surface area contributed by atoms with Crippen LogP contribution in [0.3, 0.4) is 0 Å². The average molecular weight is 422 g/mol. The van der Waals surface area contributed by atoms with E-state index in [1.807, 2.05) is 6.92 Å². The van der Waals surface area contributed by atoms with E-state index < -0.39 is 24.1 Å². The van der Waals surface area contributed by atoms with Crippen molar-refractivity contribution in [3.8, 4) is 11.4 Å². The van der Waals surface area contributed by atoms with Crippen LogP contribution in [0.4, 0.5) is 23.4 Å². The number of carbonyl (C=O) groups is 1. The number of rotatable bonds is 5. The number of hydrogen-bond acceptors (Lipinski definition) is 4. The second-order valence-electron chi connectivity index (χ2n) is 6.91. The fourth-order valence-electron chi connectivity index (χ4n) is 3.27. The molecule has 11 heteroatoms. The molecule has 0 radical (unpaired) electrons. The highest BCUT2D eigenvalue weighted by Gasteiger charge is 2.34. The number of nitrogens with one attached hydrogen (secondary N) is 2. The third kappa shape index (κ3) is 3.74. The van der Waals surface area contributed by atoms with Crippen molar-refractivity contribution < 1.29 is 22.4 Å². The summed E-state index contributed by atoms with van der Waals surface area (Å²) >= 11 is 0. The van der Waals surface area contributed by atoms with Gasteiger partial charge in [-0.1, -0.05) is 19.1 Å². The normalized spacial score (nSPS) is 16.5. The maximum Gasteiger partial charge on any atom is 0.416 e. The molecule has 4 rings (SSSR count). The molecule has 0 bridgehead atoms. The van der Waals surface area contributed by atoms with Crippen LogP contribution in [0.2, 0.25) is 0 Å². The summed E-state index contributed by atoms with van der Waals surface area (Å²) in [6, 6.07) is 5.00. The molecule has 1 atom stereocenters. The number of nitrogens with zero attached hydrogens (tertiary/aromatic N) is 4. The molecule has 3 heterocycles. The van der Waals surface area contributed by atoms with E-state index in [4.69, 9.17) is 0 Å². The Balaban J connectivity index is 1.55. The Hall–Kier alpha value is -3.37. The van der Waals surface area contributed by atoms with Gasteiger partial charge in [0.05, 0.1) is 23.9 Å². The minimum Gasteiger partial charge on any atom is -0.332 e. The molecular weight excluding hydrogens is 404 g/mol. The smallest absolute Gasteiger partial charge is 0.332 e. The lowest BCUT2D eigenvalue weighted by Gasteiger charge is -2.30. The molecule has 2 aromatic heterocycles. The van der Waals surface area contributed by atoms with Crippen LogP contribution in [-0.4, -0.2) is 43.5 Å². The van der Waals surface area contributed by atoms with E-state index in [0.29, 0.717) is 23.4 Å². The maximum absolute atomic E-state index is 14.2. The lowest BCUT2D eigenvalue weighted by molar-refractivity contribution is -0.137. The lowest BCUT2D eigenvalue weighted by Crippen LogP contribution is -2.46. The largest absolute Gasteiger partial charge is 0.416 e. The number of hydrogen-bond donors (Lipinski definition) is 2. The minimum atomic E-state index is -4.42. The predicted molar refractivity (Wildman–Crippen MR) is 100 cm³/mol. The zero-order chi connectivity index (χ0) is 21.5. The number of carbonyl (C=O) groups excluding carboxylic acids is 1. The van der Waals surface area contributed by atoms with Gasteiger partial charge in [-0.3, -0.25) is 14.4 Å². The number of fused-ring (bicyclic) bond motifs is 1. The van der Waals surface area contributed by atoms with E-state index in [0.717, 1.165) is 17.0 Å². The Bertz CT molecular complexity index is 1070. The topological polar surface area (TPSA) is 78.8 Å². The van der Waals surface area contributed by atoms with Crippen molar-refractivity contribution >= 4 is 11.7 Å². The third-order valence-corrected chi connectivity index (χ3v) is 4.68. The Morgan fingerprint density at radius 3 is 2.80 bits per heavy atom. The number of alkyl halides is 4. The Labute approximate surface area is 168 Å². The number of anilines is 1. The first kappa shape index (κ1) is 19.9. The lowest BCUT2D eigenvalue weighted by atomic mass is 10.1. The molecule has 0 spiro atoms. The van der Waals surface area contributed by atoms with Gasteiger partial charge in [0.2, 0.25) is 0 Å². The van der Waals surface area contributed by atoms with Crippen LogP contribution in [0.15, 0.2) is 36.7 Å². The van der Waals surface area contributed by atoms with Gasteiger partial charge in [0, 0.05) is 12.7 Å². The number of benzene rings is 1. The summed E-state index contributed by atoms with van der Waals surface area (Å²) in [4.78, 5) is 20.7. The molecule has 7 nitrogen and oxygen atoms in total. The number of aromatic nitrogens is 4. The number of amides is 1. The molecule has 30 heavy (non-hydrogen) atoms. The summed E-state index contributed by atoms with van der Waals surface area (Å²) < 4.78 is 54.3. The van der Waals surface area contributed by atoms with Crippen LogP contribution < -0.4 is 5.32 Å². The van der Waals surface area contributed by atoms with Crippen LogP contribution in [0.1, 0.15) is 35.0 Å². The molecule has 0 saturated carbocycles. The fourth-order valence-corrected chi connectivity index (χ4v) is 3.27. The van der Waals surface area contributed by atoms with Gasteiger partial charge in [-0.05, 0) is 24.1 Å². The van der Waals surface area contributed by atoms with E-state index >= 15 is 0 Å². The minimum absolute atomic E-state index is 0.112. The SMILES string of the molecule is CCCN1C(=O)c2[nH]c(-c3cnn(Cc4cccc(C(F)(F)F)c4)c3)nc2NC1F. The molecule has 1 unspecified atom stereocenters. The molecule has 158 valence electrons. The van der Waals surface area contributed by atoms with E-state index in [2.05, 4.69) is 20.4 Å². The number of aromatic amines is 1. The molecule has 0 aliphatic carbocycles. The van der Waals surface area contributed by atoms with Crippen molar-refractivity contribution in [3.05, 3.63) is 53.5 Å². The molecule has 1 aliphatic heterocycles. The summed E-state index contributed by atoms with van der Waals surface area (Å²) in [6.45, 7) is 2.22. The highest BCUT2D eigenvalue weighted by Crippen LogP contribution is 2.30. The molecule has 2 N–H and O–H groups in total. The molecule has 0 saturated heterocycles. The van der Waals surface area contributed by atoms with Gasteiger partial charge in [0.25, 0.3) is 12.3 Å². The van der Waals surface area contributed by atoms with Crippen molar-refractivity contribution in [3.63, 3.8) is 0 Å². The number of H-pyrrole nitrogens is 1. The fraction of sp³-hybridized carbons (Fsp3) is 0.316. The molecule has 1 aliphatic rings. The van der Waals surface area contributed by atoms with Crippen LogP contribution in [0, 0.1) is 0 Å². The second kappa shape index (κ2) is 7.47. The van der Waals surface area contributed by atoms with Gasteiger partial charge < -0.3 is 10.3 Å². The zero-order valence-corrected chi connectivity index (χ0v) is 15.9. The summed E-state index contributed by atoms with van der Waals surface area (Å²) in [5, 5.41) is 6.69. The van der Waals surface area contributed by atoms with Crippen molar-refractivity contribution in [1.29, 1.82) is 0 Å². The van der Waals surface area contributed by atoms with Crippen LogP contribution in [-0.2, 0) is 12.7 Å². The highest BCUT2D eigenvalue weighted by molar-refractivity contribution is 5.99. The van der Waals surface area contributed by atoms with Gasteiger partial charge in [-0.2, -0.15) is 22.7 Å². The summed E-state index contributed by atoms with van der Waals surface area (Å²) in [7, 11) is 0. The Morgan fingerprint density at radius 2 is 2.07 bits per heavy atom. The van der Waals surface area contributed by atoms with Crippen molar-refractivity contribution in [1.82, 2.24) is 24.6 Å². The third-order valence-electron chi connectivity index (χ3n) is 4.68. The molecule has 0 fully saturated rings. The van der Waals surface area contributed by atoms with Crippen molar-refractivity contribution in [2.75, 3.05) is 11.9 Å². The number of imidazole rings is 1. The van der Waals surface area contributed by atoms with Crippen molar-refractivity contribution in [2.24, 2.45) is 0 Å². The monoisotopic (exact) mass is 422 g/mol. The molecule has 3 aromatic rings. The molecular formula is C19H18F4N6O. The van der Waals surface area contributed by atoms with Crippen molar-refractivity contribution in [2.45, 2.75) is 32.5 Å². The van der Waals surface area contributed by atoms with Gasteiger partial charge >= 0.3 is 6.18 Å². The maximum atomic E-state index is 14.2. The van der Waals surface area contributed by atoms with Crippen LogP contribution in [0.5, 0.6) is 0 Å². The first-order valence-electron chi connectivity index (χ1n) is 9.27. The van der Waals surface area contributed by atoms with E-state index in [9.17, 15) is 22.4 Å². The quantitative estimate of drug-likeness (QED) is 0.483. The summed E-state index contributed by atoms with van der Waals surface area (Å²) in [5.41, 5.74) is 0.375. The summed E-state index contributed by atoms with van der Waals surface area (Å²) in [6.07, 6.45) is -2.42. The van der Waals surface area contributed by atoms with Gasteiger partial charge in [0.1, 0.15) is 11.5 Å². The second-order valence-corrected chi connectivity index (χ2v) is 6.91. The van der Waals surface area contributed by atoms with E-state index in [1.165, 1.54) is 16.9 Å². The first-order valence-corrected chi connectivity index (χ1v) is 9.27. The predicted octanol–water partition coefficient (Wildman–Crippen LogP) is 3.87. The molecule has 1 aromatic carbocycles. The van der Waals surface area contributed by atoms with E-state index in [1.54, 1.807) is 12.3 Å². The van der Waals surface area contributed by atoms with Gasteiger partial charge in [0.15, 0.2) is 5.82 Å². The van der Waals surface area contributed by atoms with Gasteiger partial charge in [-0.15, -0.1) is 0 Å². The molecule has 1 amide bonds. The van der Waals surface area contributed by atoms with Gasteiger partial charge in [-0.25, -0.2) is 4.98 Å². The Morgan fingerprint density at radius 1 is 1.27 bits per heavy atom. The number of halogens is 4. The van der Waals surface area contributed by atoms with Crippen LogP contribution >= 0.6 is 0 Å². The first-order chi connectivity index (χ1) is 14.3. The van der Waals surface area contributed by atoms with Crippen LogP contribution in [0.25, 0.3) is 11.4 Å². The summed E-state index contributed by atoms with van der Waals surface area (Å²) in [5.74, 6) is -0.0737. The standard InChI is InChI=1S/C19H18F4N6O/c1-2-6-29-17(30)14-16(27-18(29)20)26-15(25-14)12-8-24-28(10-12)9-11-4-3-5-13(7-11)19(21,22)23/h3-5,7-8,10,18,27H,2,6,9H2,1H3,(H,25,26). The zero-order valence-electron chi connectivity index (χ0n) is 15.9. The highest BCUT2D eigenvalue weighted by atomic mass is 19.4. The van der Waals surface area contributed by atoms with E-state index in [-0.39, 0.29) is 24.6 Å². The Kier molecular flexibility index (Phi) is 4.96. The average Bonchev–Trinajstić information content (AvgIpc) is 3.32.